The third kappa shape index (κ3) is 6.09. The molecule has 1 fully saturated rings. The third-order valence-electron chi connectivity index (χ3n) is 6.63. The average Bonchev–Trinajstić information content (AvgIpc) is 3.08. The van der Waals surface area contributed by atoms with Crippen LogP contribution in [0.3, 0.4) is 0 Å². The van der Waals surface area contributed by atoms with E-state index in [2.05, 4.69) is 12.2 Å². The van der Waals surface area contributed by atoms with Gasteiger partial charge in [0, 0.05) is 26.1 Å². The summed E-state index contributed by atoms with van der Waals surface area (Å²) in [5, 5.41) is 2.90. The van der Waals surface area contributed by atoms with E-state index >= 15 is 0 Å². The Labute approximate surface area is 196 Å². The van der Waals surface area contributed by atoms with E-state index < -0.39 is 6.04 Å². The van der Waals surface area contributed by atoms with Gasteiger partial charge in [-0.05, 0) is 38.2 Å². The molecule has 0 aromatic heterocycles. The van der Waals surface area contributed by atoms with E-state index in [0.29, 0.717) is 32.4 Å². The van der Waals surface area contributed by atoms with Crippen LogP contribution in [0.25, 0.3) is 0 Å². The predicted octanol–water partition coefficient (Wildman–Crippen LogP) is 2.70. The van der Waals surface area contributed by atoms with Crippen molar-refractivity contribution in [3.05, 3.63) is 48.0 Å². The lowest BCUT2D eigenvalue weighted by Gasteiger charge is -2.29. The van der Waals surface area contributed by atoms with Crippen LogP contribution in [0.1, 0.15) is 51.5 Å². The lowest BCUT2D eigenvalue weighted by molar-refractivity contribution is -0.143. The normalized spacial score (nSPS) is 20.5. The van der Waals surface area contributed by atoms with E-state index in [1.807, 2.05) is 42.5 Å². The van der Waals surface area contributed by atoms with Gasteiger partial charge >= 0.3 is 0 Å². The van der Waals surface area contributed by atoms with Gasteiger partial charge in [0.2, 0.25) is 23.6 Å². The van der Waals surface area contributed by atoms with Gasteiger partial charge in [-0.3, -0.25) is 24.1 Å². The predicted molar refractivity (Wildman–Crippen MR) is 126 cm³/mol. The number of hydrogen-bond acceptors (Lipinski definition) is 4. The van der Waals surface area contributed by atoms with E-state index in [1.54, 1.807) is 11.8 Å². The smallest absolute Gasteiger partial charge is 0.242 e. The zero-order valence-corrected chi connectivity index (χ0v) is 19.7. The highest BCUT2D eigenvalue weighted by Crippen LogP contribution is 2.35. The van der Waals surface area contributed by atoms with E-state index in [4.69, 9.17) is 0 Å². The molecule has 1 heterocycles. The lowest BCUT2D eigenvalue weighted by Crippen LogP contribution is -2.49. The van der Waals surface area contributed by atoms with Crippen LogP contribution in [0.5, 0.6) is 0 Å². The minimum absolute atomic E-state index is 0.0196. The Morgan fingerprint density at radius 3 is 2.33 bits per heavy atom. The molecule has 33 heavy (non-hydrogen) atoms. The molecule has 1 unspecified atom stereocenters. The molecule has 3 rings (SSSR count). The lowest BCUT2D eigenvalue weighted by atomic mass is 9.85. The molecule has 0 radical (unpaired) electrons. The van der Waals surface area contributed by atoms with Crippen molar-refractivity contribution in [1.82, 2.24) is 15.1 Å². The van der Waals surface area contributed by atoms with Gasteiger partial charge in [0.15, 0.2) is 0 Å². The number of rotatable bonds is 11. The van der Waals surface area contributed by atoms with E-state index in [-0.39, 0.29) is 48.4 Å². The Kier molecular flexibility index (Phi) is 8.80. The molecule has 7 nitrogen and oxygen atoms in total. The van der Waals surface area contributed by atoms with Crippen molar-refractivity contribution in [3.8, 4) is 0 Å². The summed E-state index contributed by atoms with van der Waals surface area (Å²) in [5.41, 5.74) is 1.08. The number of fused-ring (bicyclic) bond motifs is 1. The quantitative estimate of drug-likeness (QED) is 0.317. The zero-order chi connectivity index (χ0) is 23.8. The second-order valence-electron chi connectivity index (χ2n) is 8.88. The number of unbranched alkanes of at least 4 members (excludes halogenated alkanes) is 1. The molecule has 1 aromatic carbocycles. The van der Waals surface area contributed by atoms with Crippen LogP contribution < -0.4 is 5.32 Å². The molecule has 1 aliphatic carbocycles. The molecular formula is C26H35N3O4. The van der Waals surface area contributed by atoms with Crippen molar-refractivity contribution >= 4 is 23.6 Å². The van der Waals surface area contributed by atoms with Crippen molar-refractivity contribution in [2.45, 2.75) is 58.4 Å². The van der Waals surface area contributed by atoms with Crippen LogP contribution in [0.2, 0.25) is 0 Å². The number of nitrogens with one attached hydrogen (secondary N) is 1. The first-order valence-corrected chi connectivity index (χ1v) is 12.0. The molecule has 1 aromatic rings. The molecular weight excluding hydrogens is 418 g/mol. The molecule has 178 valence electrons. The Hall–Kier alpha value is -2.96. The molecule has 1 aliphatic heterocycles. The first-order chi connectivity index (χ1) is 15.9. The van der Waals surface area contributed by atoms with Crippen molar-refractivity contribution in [1.29, 1.82) is 0 Å². The van der Waals surface area contributed by atoms with Gasteiger partial charge in [-0.1, -0.05) is 55.8 Å². The summed E-state index contributed by atoms with van der Waals surface area (Å²) in [5.74, 6) is -1.36. The third-order valence-corrected chi connectivity index (χ3v) is 6.63. The van der Waals surface area contributed by atoms with Crippen LogP contribution in [-0.2, 0) is 25.6 Å². The fraction of sp³-hybridized carbons (Fsp3) is 0.538. The number of amides is 4. The maximum absolute atomic E-state index is 13.2. The van der Waals surface area contributed by atoms with E-state index in [1.165, 1.54) is 4.90 Å². The minimum Gasteiger partial charge on any atom is -0.354 e. The summed E-state index contributed by atoms with van der Waals surface area (Å²) < 4.78 is 0. The highest BCUT2D eigenvalue weighted by Gasteiger charge is 2.47. The standard InChI is InChI=1S/C26H35N3O4/c1-3-4-16-27-24(31)19(2)28(17-14-20-10-6-5-7-11-20)23(30)15-18-29-25(32)21-12-8-9-13-22(21)26(29)33/h5-11,19,21-22H,3-4,12-18H2,1-2H3,(H,27,31)/t19?,21-,22+. The number of hydrogen-bond donors (Lipinski definition) is 1. The second kappa shape index (κ2) is 11.8. The molecule has 0 bridgehead atoms. The van der Waals surface area contributed by atoms with Gasteiger partial charge in [-0.2, -0.15) is 0 Å². The Balaban J connectivity index is 1.64. The van der Waals surface area contributed by atoms with Crippen LogP contribution in [0.15, 0.2) is 42.5 Å². The fourth-order valence-corrected chi connectivity index (χ4v) is 4.55. The Morgan fingerprint density at radius 1 is 1.09 bits per heavy atom. The zero-order valence-electron chi connectivity index (χ0n) is 19.7. The highest BCUT2D eigenvalue weighted by molar-refractivity contribution is 6.05. The van der Waals surface area contributed by atoms with Crippen molar-refractivity contribution in [2.24, 2.45) is 11.8 Å². The maximum Gasteiger partial charge on any atom is 0.242 e. The fourth-order valence-electron chi connectivity index (χ4n) is 4.55. The molecule has 3 atom stereocenters. The van der Waals surface area contributed by atoms with Crippen LogP contribution in [0, 0.1) is 11.8 Å². The number of carbonyl (C=O) groups excluding carboxylic acids is 4. The van der Waals surface area contributed by atoms with Crippen LogP contribution in [0.4, 0.5) is 0 Å². The molecule has 4 amide bonds. The Morgan fingerprint density at radius 2 is 1.73 bits per heavy atom. The van der Waals surface area contributed by atoms with Crippen molar-refractivity contribution < 1.29 is 19.2 Å². The molecule has 2 aliphatic rings. The van der Waals surface area contributed by atoms with Gasteiger partial charge in [0.05, 0.1) is 11.8 Å². The molecule has 0 spiro atoms. The molecule has 0 saturated carbocycles. The van der Waals surface area contributed by atoms with Crippen molar-refractivity contribution in [3.63, 3.8) is 0 Å². The minimum atomic E-state index is -0.630. The number of imide groups is 1. The second-order valence-corrected chi connectivity index (χ2v) is 8.88. The summed E-state index contributed by atoms with van der Waals surface area (Å²) in [6, 6.07) is 9.18. The van der Waals surface area contributed by atoms with Crippen molar-refractivity contribution in [2.75, 3.05) is 19.6 Å². The summed E-state index contributed by atoms with van der Waals surface area (Å²) in [6.07, 6.45) is 7.56. The monoisotopic (exact) mass is 453 g/mol. The van der Waals surface area contributed by atoms with Gasteiger partial charge < -0.3 is 10.2 Å². The highest BCUT2D eigenvalue weighted by atomic mass is 16.2. The average molecular weight is 454 g/mol. The number of benzene rings is 1. The van der Waals surface area contributed by atoms with Gasteiger partial charge in [0.25, 0.3) is 0 Å². The number of likely N-dealkylation sites (tertiary alicyclic amines) is 1. The first-order valence-electron chi connectivity index (χ1n) is 12.0. The molecule has 1 N–H and O–H groups in total. The summed E-state index contributed by atoms with van der Waals surface area (Å²) in [4.78, 5) is 54.1. The summed E-state index contributed by atoms with van der Waals surface area (Å²) in [7, 11) is 0. The van der Waals surface area contributed by atoms with Crippen LogP contribution in [-0.4, -0.2) is 59.1 Å². The topological polar surface area (TPSA) is 86.8 Å². The molecule has 1 saturated heterocycles. The largest absolute Gasteiger partial charge is 0.354 e. The van der Waals surface area contributed by atoms with Crippen LogP contribution >= 0.6 is 0 Å². The Bertz CT molecular complexity index is 857. The van der Waals surface area contributed by atoms with E-state index in [0.717, 1.165) is 18.4 Å². The summed E-state index contributed by atoms with van der Waals surface area (Å²) >= 11 is 0. The number of allylic oxidation sites excluding steroid dienone is 2. The number of carbonyl (C=O) groups is 4. The van der Waals surface area contributed by atoms with Gasteiger partial charge in [-0.15, -0.1) is 0 Å². The number of nitrogens with zero attached hydrogens (tertiary/aromatic N) is 2. The summed E-state index contributed by atoms with van der Waals surface area (Å²) in [6.45, 7) is 4.82. The molecule has 7 heteroatoms. The van der Waals surface area contributed by atoms with Gasteiger partial charge in [0.1, 0.15) is 6.04 Å². The SMILES string of the molecule is CCCCNC(=O)C(C)N(CCc1ccccc1)C(=O)CCN1C(=O)[C@H]2CC=CC[C@H]2C1=O. The van der Waals surface area contributed by atoms with E-state index in [9.17, 15) is 19.2 Å². The van der Waals surface area contributed by atoms with Gasteiger partial charge in [-0.25, -0.2) is 0 Å². The maximum atomic E-state index is 13.2. The first kappa shape index (κ1) is 24.7.